The third-order valence-corrected chi connectivity index (χ3v) is 11.0. The molecule has 0 saturated heterocycles. The third kappa shape index (κ3) is 19.4. The van der Waals surface area contributed by atoms with Crippen LogP contribution in [0.25, 0.3) is 0 Å². The summed E-state index contributed by atoms with van der Waals surface area (Å²) in [6.07, 6.45) is 2.20. The molecule has 0 radical (unpaired) electrons. The molecule has 4 amide bonds. The molecule has 14 heteroatoms. The maximum Gasteiger partial charge on any atom is 0.411 e. The Bertz CT molecular complexity index is 2240. The molecule has 374 valence electrons. The Morgan fingerprint density at radius 2 is 0.843 bits per heavy atom. The van der Waals surface area contributed by atoms with E-state index < -0.39 is 29.1 Å². The SMILES string of the molecule is C=C(C)C(=O)OCCN(C(=O)Cc1ccc(Cc2ccc(CC(=O)OCCCCOC(=O)Nc3ccc(Cc4ccc(NC(=O)N(CCOC(=O)C(=C)C)C(C)(C)C)cc4)cc3)cc2)cc1)C(C)(C)C. The van der Waals surface area contributed by atoms with Crippen LogP contribution >= 0.6 is 0 Å². The monoisotopic (exact) mass is 959 g/mol. The predicted octanol–water partition coefficient (Wildman–Crippen LogP) is 10.0. The molecule has 0 unspecified atom stereocenters. The molecule has 0 atom stereocenters. The first-order chi connectivity index (χ1) is 33.1. The van der Waals surface area contributed by atoms with Crippen molar-refractivity contribution in [1.29, 1.82) is 0 Å². The first-order valence-corrected chi connectivity index (χ1v) is 23.5. The van der Waals surface area contributed by atoms with E-state index in [-0.39, 0.29) is 63.7 Å². The van der Waals surface area contributed by atoms with Gasteiger partial charge in [0.1, 0.15) is 13.2 Å². The van der Waals surface area contributed by atoms with Gasteiger partial charge in [-0.3, -0.25) is 14.9 Å². The number of nitrogens with zero attached hydrogens (tertiary/aromatic N) is 2. The molecule has 0 heterocycles. The largest absolute Gasteiger partial charge is 0.465 e. The summed E-state index contributed by atoms with van der Waals surface area (Å²) in [4.78, 5) is 78.2. The highest BCUT2D eigenvalue weighted by Crippen LogP contribution is 2.21. The van der Waals surface area contributed by atoms with Crippen LogP contribution in [0.2, 0.25) is 0 Å². The summed E-state index contributed by atoms with van der Waals surface area (Å²) >= 11 is 0. The predicted molar refractivity (Wildman–Crippen MR) is 272 cm³/mol. The lowest BCUT2D eigenvalue weighted by Crippen LogP contribution is -2.49. The van der Waals surface area contributed by atoms with Gasteiger partial charge in [0.2, 0.25) is 5.91 Å². The lowest BCUT2D eigenvalue weighted by Gasteiger charge is -2.35. The van der Waals surface area contributed by atoms with Gasteiger partial charge >= 0.3 is 30.0 Å². The van der Waals surface area contributed by atoms with Gasteiger partial charge in [-0.15, -0.1) is 0 Å². The van der Waals surface area contributed by atoms with E-state index >= 15 is 0 Å². The molecule has 0 aromatic heterocycles. The fraction of sp³-hybridized carbons (Fsp3) is 0.393. The molecule has 14 nitrogen and oxygen atoms in total. The first-order valence-electron chi connectivity index (χ1n) is 23.5. The molecule has 4 rings (SSSR count). The summed E-state index contributed by atoms with van der Waals surface area (Å²) in [5.41, 5.74) is 6.85. The summed E-state index contributed by atoms with van der Waals surface area (Å²) in [5, 5.41) is 5.66. The van der Waals surface area contributed by atoms with Crippen molar-refractivity contribution in [3.8, 4) is 0 Å². The van der Waals surface area contributed by atoms with Crippen LogP contribution in [0.3, 0.4) is 0 Å². The summed E-state index contributed by atoms with van der Waals surface area (Å²) in [7, 11) is 0. The van der Waals surface area contributed by atoms with Crippen LogP contribution in [-0.4, -0.2) is 96.3 Å². The number of carbonyl (C=O) groups excluding carboxylic acids is 6. The highest BCUT2D eigenvalue weighted by molar-refractivity contribution is 5.90. The van der Waals surface area contributed by atoms with Gasteiger partial charge in [-0.05, 0) is 139 Å². The molecule has 0 spiro atoms. The second-order valence-electron chi connectivity index (χ2n) is 19.2. The molecule has 4 aromatic carbocycles. The van der Waals surface area contributed by atoms with Crippen LogP contribution in [0.1, 0.15) is 102 Å². The molecule has 2 N–H and O–H groups in total. The van der Waals surface area contributed by atoms with Crippen molar-refractivity contribution in [1.82, 2.24) is 9.80 Å². The number of rotatable bonds is 23. The topological polar surface area (TPSA) is 170 Å². The lowest BCUT2D eigenvalue weighted by atomic mass is 10.00. The van der Waals surface area contributed by atoms with Crippen LogP contribution in [0.5, 0.6) is 0 Å². The number of benzene rings is 4. The summed E-state index contributed by atoms with van der Waals surface area (Å²) in [6.45, 7) is 23.0. The number of esters is 3. The highest BCUT2D eigenvalue weighted by Gasteiger charge is 2.28. The third-order valence-electron chi connectivity index (χ3n) is 11.0. The number of unbranched alkanes of at least 4 members (excludes halogenated alkanes) is 1. The van der Waals surface area contributed by atoms with E-state index in [0.29, 0.717) is 54.7 Å². The zero-order valence-electron chi connectivity index (χ0n) is 42.1. The van der Waals surface area contributed by atoms with Gasteiger partial charge in [0, 0.05) is 33.6 Å². The number of nitrogens with one attached hydrogen (secondary N) is 2. The van der Waals surface area contributed by atoms with Gasteiger partial charge in [-0.2, -0.15) is 0 Å². The van der Waals surface area contributed by atoms with E-state index in [9.17, 15) is 28.8 Å². The van der Waals surface area contributed by atoms with Crippen LogP contribution < -0.4 is 10.6 Å². The van der Waals surface area contributed by atoms with Gasteiger partial charge in [-0.1, -0.05) is 86.0 Å². The molecule has 0 bridgehead atoms. The van der Waals surface area contributed by atoms with Gasteiger partial charge in [0.25, 0.3) is 0 Å². The van der Waals surface area contributed by atoms with Crippen molar-refractivity contribution in [2.45, 2.75) is 105 Å². The smallest absolute Gasteiger partial charge is 0.411 e. The molecule has 0 fully saturated rings. The maximum absolute atomic E-state index is 13.2. The van der Waals surface area contributed by atoms with Crippen molar-refractivity contribution in [2.24, 2.45) is 0 Å². The van der Waals surface area contributed by atoms with E-state index in [1.54, 1.807) is 35.8 Å². The van der Waals surface area contributed by atoms with Crippen molar-refractivity contribution in [3.05, 3.63) is 155 Å². The summed E-state index contributed by atoms with van der Waals surface area (Å²) in [6, 6.07) is 30.4. The Labute approximate surface area is 413 Å². The summed E-state index contributed by atoms with van der Waals surface area (Å²) < 4.78 is 21.2. The molecular weight excluding hydrogens is 889 g/mol. The first kappa shape index (κ1) is 55.4. The zero-order chi connectivity index (χ0) is 51.4. The number of anilines is 2. The average Bonchev–Trinajstić information content (AvgIpc) is 3.29. The standard InChI is InChI=1S/C56H70N4O10/c1-39(2)51(63)68-33-29-59(55(5,6)7)49(61)37-45-17-13-41(14-18-45)35-42-15-19-46(20-16-42)38-50(62)67-31-11-12-32-70-54(66)58-48-27-23-44(24-28-48)36-43-21-25-47(26-22-43)57-53(65)60(56(8,9)10)30-34-69-52(64)40(3)4/h13-28H,1,3,11-12,29-38H2,2,4-10H3,(H,57,65)(H,58,66). The quantitative estimate of drug-likeness (QED) is 0.0316. The lowest BCUT2D eigenvalue weighted by molar-refractivity contribution is -0.144. The number of urea groups is 1. The van der Waals surface area contributed by atoms with E-state index in [1.165, 1.54) is 0 Å². The fourth-order valence-electron chi connectivity index (χ4n) is 7.10. The number of amides is 4. The molecule has 0 aliphatic rings. The maximum atomic E-state index is 13.2. The van der Waals surface area contributed by atoms with Crippen molar-refractivity contribution >= 4 is 47.3 Å². The number of hydrogen-bond acceptors (Lipinski definition) is 10. The Morgan fingerprint density at radius 3 is 1.27 bits per heavy atom. The molecular formula is C56H70N4O10. The van der Waals surface area contributed by atoms with E-state index in [1.807, 2.05) is 126 Å². The zero-order valence-corrected chi connectivity index (χ0v) is 42.1. The van der Waals surface area contributed by atoms with Crippen LogP contribution in [0.4, 0.5) is 21.0 Å². The Morgan fingerprint density at radius 1 is 0.471 bits per heavy atom. The molecule has 0 saturated carbocycles. The second kappa shape index (κ2) is 26.5. The minimum atomic E-state index is -0.575. The average molecular weight is 959 g/mol. The highest BCUT2D eigenvalue weighted by atomic mass is 16.6. The Balaban J connectivity index is 1.09. The summed E-state index contributed by atoms with van der Waals surface area (Å²) in [5.74, 6) is -1.35. The minimum absolute atomic E-state index is 0.0519. The van der Waals surface area contributed by atoms with Crippen molar-refractivity contribution in [3.63, 3.8) is 0 Å². The molecule has 70 heavy (non-hydrogen) atoms. The van der Waals surface area contributed by atoms with Crippen LogP contribution in [0, 0.1) is 0 Å². The van der Waals surface area contributed by atoms with Crippen LogP contribution in [-0.2, 0) is 63.8 Å². The van der Waals surface area contributed by atoms with E-state index in [2.05, 4.69) is 23.8 Å². The van der Waals surface area contributed by atoms with Crippen LogP contribution in [0.15, 0.2) is 121 Å². The van der Waals surface area contributed by atoms with Gasteiger partial charge in [-0.25, -0.2) is 19.2 Å². The van der Waals surface area contributed by atoms with Gasteiger partial charge in [0.05, 0.1) is 39.1 Å². The number of hydrogen-bond donors (Lipinski definition) is 2. The minimum Gasteiger partial charge on any atom is -0.465 e. The molecule has 0 aliphatic carbocycles. The number of carbonyl (C=O) groups is 6. The molecule has 4 aromatic rings. The van der Waals surface area contributed by atoms with E-state index in [0.717, 1.165) is 33.4 Å². The van der Waals surface area contributed by atoms with Gasteiger partial charge < -0.3 is 34.1 Å². The fourth-order valence-corrected chi connectivity index (χ4v) is 7.10. The normalized spacial score (nSPS) is 11.1. The van der Waals surface area contributed by atoms with E-state index in [4.69, 9.17) is 18.9 Å². The number of ether oxygens (including phenoxy) is 4. The molecule has 0 aliphatic heterocycles. The van der Waals surface area contributed by atoms with Gasteiger partial charge in [0.15, 0.2) is 0 Å². The van der Waals surface area contributed by atoms with Crippen molar-refractivity contribution < 1.29 is 47.7 Å². The Hall–Kier alpha value is -7.22. The Kier molecular flexibility index (Phi) is 21.0. The van der Waals surface area contributed by atoms with Crippen molar-refractivity contribution in [2.75, 3.05) is 50.2 Å². The second-order valence-corrected chi connectivity index (χ2v) is 19.2.